The maximum absolute atomic E-state index is 11.2. The van der Waals surface area contributed by atoms with Crippen LogP contribution in [0.1, 0.15) is 18.3 Å². The number of rotatable bonds is 2. The van der Waals surface area contributed by atoms with Crippen LogP contribution in [0.4, 0.5) is 0 Å². The first-order chi connectivity index (χ1) is 9.66. The summed E-state index contributed by atoms with van der Waals surface area (Å²) in [7, 11) is 0. The molecule has 1 fully saturated rings. The Bertz CT molecular complexity index is 538. The van der Waals surface area contributed by atoms with Gasteiger partial charge in [0.1, 0.15) is 6.10 Å². The predicted octanol–water partition coefficient (Wildman–Crippen LogP) is 1.74. The summed E-state index contributed by atoms with van der Waals surface area (Å²) in [5, 5.41) is 19.0. The summed E-state index contributed by atoms with van der Waals surface area (Å²) in [5.74, 6) is -2.16. The standard InChI is InChI=1S/C14H14O6/c15-10-11(16)13(17)20-12(10)9-6-7-18-14(19-9)8-4-2-1-3-5-8/h1-5,9,12,14-16H,6-7H2. The first kappa shape index (κ1) is 13.0. The van der Waals surface area contributed by atoms with Crippen molar-refractivity contribution in [3.05, 3.63) is 47.4 Å². The lowest BCUT2D eigenvalue weighted by Gasteiger charge is -2.32. The van der Waals surface area contributed by atoms with Crippen molar-refractivity contribution >= 4 is 5.97 Å². The third-order valence-electron chi connectivity index (χ3n) is 3.32. The molecule has 3 atom stereocenters. The van der Waals surface area contributed by atoms with Crippen molar-refractivity contribution in [3.63, 3.8) is 0 Å². The minimum atomic E-state index is -0.974. The molecule has 0 aromatic heterocycles. The molecule has 6 nitrogen and oxygen atoms in total. The minimum absolute atomic E-state index is 0.409. The third kappa shape index (κ3) is 2.23. The molecule has 2 aliphatic rings. The zero-order valence-electron chi connectivity index (χ0n) is 10.6. The van der Waals surface area contributed by atoms with Crippen LogP contribution in [0.2, 0.25) is 0 Å². The fourth-order valence-corrected chi connectivity index (χ4v) is 2.28. The average molecular weight is 278 g/mol. The molecule has 0 spiro atoms. The summed E-state index contributed by atoms with van der Waals surface area (Å²) < 4.78 is 16.2. The van der Waals surface area contributed by atoms with Gasteiger partial charge >= 0.3 is 5.97 Å². The second kappa shape index (κ2) is 5.15. The van der Waals surface area contributed by atoms with E-state index in [1.165, 1.54) is 0 Å². The van der Waals surface area contributed by atoms with Crippen molar-refractivity contribution in [3.8, 4) is 0 Å². The number of hydrogen-bond donors (Lipinski definition) is 2. The second-order valence-electron chi connectivity index (χ2n) is 4.64. The van der Waals surface area contributed by atoms with E-state index in [4.69, 9.17) is 14.2 Å². The van der Waals surface area contributed by atoms with Crippen molar-refractivity contribution in [1.29, 1.82) is 0 Å². The molecule has 0 saturated carbocycles. The highest BCUT2D eigenvalue weighted by atomic mass is 16.7. The Kier molecular flexibility index (Phi) is 3.33. The van der Waals surface area contributed by atoms with Gasteiger partial charge in [0.25, 0.3) is 0 Å². The monoisotopic (exact) mass is 278 g/mol. The smallest absolute Gasteiger partial charge is 0.377 e. The lowest BCUT2D eigenvalue weighted by molar-refractivity contribution is -0.237. The van der Waals surface area contributed by atoms with E-state index in [1.807, 2.05) is 30.3 Å². The number of cyclic esters (lactones) is 1. The average Bonchev–Trinajstić information content (AvgIpc) is 2.76. The van der Waals surface area contributed by atoms with Crippen LogP contribution in [-0.2, 0) is 19.0 Å². The number of ether oxygens (including phenoxy) is 3. The first-order valence-corrected chi connectivity index (χ1v) is 6.32. The number of hydrogen-bond acceptors (Lipinski definition) is 6. The minimum Gasteiger partial charge on any atom is -0.505 e. The van der Waals surface area contributed by atoms with Gasteiger partial charge < -0.3 is 24.4 Å². The summed E-state index contributed by atoms with van der Waals surface area (Å²) in [6.45, 7) is 0.409. The SMILES string of the molecule is O=C1OC(C2CCOC(c3ccccc3)O2)C(O)=C1O. The Morgan fingerprint density at radius 2 is 1.90 bits per heavy atom. The fraction of sp³-hybridized carbons (Fsp3) is 0.357. The summed E-state index contributed by atoms with van der Waals surface area (Å²) >= 11 is 0. The van der Waals surface area contributed by atoms with E-state index in [9.17, 15) is 15.0 Å². The van der Waals surface area contributed by atoms with E-state index in [2.05, 4.69) is 0 Å². The molecule has 0 aliphatic carbocycles. The molecular formula is C14H14O6. The third-order valence-corrected chi connectivity index (χ3v) is 3.32. The van der Waals surface area contributed by atoms with Crippen molar-refractivity contribution < 1.29 is 29.2 Å². The first-order valence-electron chi connectivity index (χ1n) is 6.32. The van der Waals surface area contributed by atoms with Crippen LogP contribution in [0, 0.1) is 0 Å². The van der Waals surface area contributed by atoms with E-state index in [-0.39, 0.29) is 0 Å². The van der Waals surface area contributed by atoms with Crippen LogP contribution in [0.25, 0.3) is 0 Å². The molecular weight excluding hydrogens is 264 g/mol. The van der Waals surface area contributed by atoms with Gasteiger partial charge in [0.15, 0.2) is 18.2 Å². The molecule has 0 bridgehead atoms. The van der Waals surface area contributed by atoms with Crippen molar-refractivity contribution in [2.45, 2.75) is 24.9 Å². The molecule has 6 heteroatoms. The molecule has 3 unspecified atom stereocenters. The second-order valence-corrected chi connectivity index (χ2v) is 4.64. The van der Waals surface area contributed by atoms with Crippen LogP contribution in [-0.4, -0.2) is 35.0 Å². The molecule has 3 rings (SSSR count). The Hall–Kier alpha value is -2.05. The summed E-state index contributed by atoms with van der Waals surface area (Å²) in [5.41, 5.74) is 0.842. The normalized spacial score (nSPS) is 30.4. The number of benzene rings is 1. The fourth-order valence-electron chi connectivity index (χ4n) is 2.28. The Balaban J connectivity index is 1.75. The molecule has 2 aliphatic heterocycles. The molecule has 0 amide bonds. The molecule has 2 heterocycles. The van der Waals surface area contributed by atoms with E-state index in [0.29, 0.717) is 13.0 Å². The highest BCUT2D eigenvalue weighted by Gasteiger charge is 2.42. The zero-order valence-corrected chi connectivity index (χ0v) is 10.6. The van der Waals surface area contributed by atoms with Gasteiger partial charge in [-0.3, -0.25) is 0 Å². The van der Waals surface area contributed by atoms with Gasteiger partial charge in [-0.25, -0.2) is 4.79 Å². The number of carbonyl (C=O) groups excluding carboxylic acids is 1. The van der Waals surface area contributed by atoms with E-state index in [1.54, 1.807) is 0 Å². The van der Waals surface area contributed by atoms with Gasteiger partial charge in [0.2, 0.25) is 5.76 Å². The van der Waals surface area contributed by atoms with Crippen LogP contribution in [0.15, 0.2) is 41.9 Å². The van der Waals surface area contributed by atoms with Crippen molar-refractivity contribution in [2.75, 3.05) is 6.61 Å². The van der Waals surface area contributed by atoms with Crippen molar-refractivity contribution in [1.82, 2.24) is 0 Å². The van der Waals surface area contributed by atoms with Crippen molar-refractivity contribution in [2.24, 2.45) is 0 Å². The van der Waals surface area contributed by atoms with Gasteiger partial charge in [0.05, 0.1) is 6.61 Å². The molecule has 1 saturated heterocycles. The lowest BCUT2D eigenvalue weighted by Crippen LogP contribution is -2.37. The van der Waals surface area contributed by atoms with E-state index in [0.717, 1.165) is 5.56 Å². The summed E-state index contributed by atoms with van der Waals surface area (Å²) in [4.78, 5) is 11.2. The summed E-state index contributed by atoms with van der Waals surface area (Å²) in [6, 6.07) is 9.34. The highest BCUT2D eigenvalue weighted by molar-refractivity contribution is 5.89. The Morgan fingerprint density at radius 3 is 2.55 bits per heavy atom. The number of aliphatic hydroxyl groups excluding tert-OH is 2. The van der Waals surface area contributed by atoms with E-state index < -0.39 is 36.0 Å². The van der Waals surface area contributed by atoms with E-state index >= 15 is 0 Å². The van der Waals surface area contributed by atoms with Gasteiger partial charge in [-0.15, -0.1) is 0 Å². The molecule has 1 aromatic carbocycles. The number of aliphatic hydroxyl groups is 2. The van der Waals surface area contributed by atoms with Crippen LogP contribution in [0.5, 0.6) is 0 Å². The molecule has 1 aromatic rings. The van der Waals surface area contributed by atoms with Crippen LogP contribution < -0.4 is 0 Å². The Morgan fingerprint density at radius 1 is 1.15 bits per heavy atom. The quantitative estimate of drug-likeness (QED) is 0.801. The molecule has 106 valence electrons. The van der Waals surface area contributed by atoms with Gasteiger partial charge in [0, 0.05) is 12.0 Å². The topological polar surface area (TPSA) is 85.2 Å². The van der Waals surface area contributed by atoms with Gasteiger partial charge in [-0.1, -0.05) is 30.3 Å². The molecule has 0 radical (unpaired) electrons. The maximum atomic E-state index is 11.2. The van der Waals surface area contributed by atoms with Crippen LogP contribution in [0.3, 0.4) is 0 Å². The van der Waals surface area contributed by atoms with Crippen LogP contribution >= 0.6 is 0 Å². The molecule has 2 N–H and O–H groups in total. The largest absolute Gasteiger partial charge is 0.505 e. The zero-order chi connectivity index (χ0) is 14.1. The van der Waals surface area contributed by atoms with Gasteiger partial charge in [-0.05, 0) is 0 Å². The molecule has 20 heavy (non-hydrogen) atoms. The number of esters is 1. The predicted molar refractivity (Wildman–Crippen MR) is 66.8 cm³/mol. The van der Waals surface area contributed by atoms with Gasteiger partial charge in [-0.2, -0.15) is 0 Å². The lowest BCUT2D eigenvalue weighted by atomic mass is 10.1. The highest BCUT2D eigenvalue weighted by Crippen LogP contribution is 2.32. The number of carbonyl (C=O) groups is 1. The maximum Gasteiger partial charge on any atom is 0.377 e. The summed E-state index contributed by atoms with van der Waals surface area (Å²) in [6.07, 6.45) is -1.65. The Labute approximate surface area is 115 Å².